The molecule has 0 radical (unpaired) electrons. The second kappa shape index (κ2) is 6.05. The van der Waals surface area contributed by atoms with E-state index >= 15 is 0 Å². The van der Waals surface area contributed by atoms with Gasteiger partial charge >= 0.3 is 0 Å². The number of hydrogen-bond acceptors (Lipinski definition) is 3. The number of hydrogen-bond donors (Lipinski definition) is 0. The third-order valence-electron chi connectivity index (χ3n) is 3.50. The van der Waals surface area contributed by atoms with E-state index in [0.29, 0.717) is 17.5 Å². The molecule has 0 amide bonds. The molecule has 0 aliphatic carbocycles. The largest absolute Gasteiger partial charge is 0.494 e. The summed E-state index contributed by atoms with van der Waals surface area (Å²) >= 11 is 0. The zero-order valence-electron chi connectivity index (χ0n) is 12.4. The summed E-state index contributed by atoms with van der Waals surface area (Å²) < 4.78 is 34.9. The Bertz CT molecular complexity index is 889. The Labute approximate surface area is 131 Å². The van der Waals surface area contributed by atoms with E-state index in [9.17, 15) is 8.78 Å². The fraction of sp³-hybridized carbons (Fsp3) is 0.176. The van der Waals surface area contributed by atoms with Gasteiger partial charge in [0.2, 0.25) is 0 Å². The lowest BCUT2D eigenvalue weighted by atomic mass is 10.1. The van der Waals surface area contributed by atoms with Crippen molar-refractivity contribution in [3.8, 4) is 11.8 Å². The molecule has 4 nitrogen and oxygen atoms in total. The molecule has 0 fully saturated rings. The number of nitrogens with zero attached hydrogens (tertiary/aromatic N) is 3. The van der Waals surface area contributed by atoms with Crippen molar-refractivity contribution in [2.45, 2.75) is 13.5 Å². The molecule has 0 aliphatic heterocycles. The summed E-state index contributed by atoms with van der Waals surface area (Å²) in [6, 6.07) is 11.4. The fourth-order valence-corrected chi connectivity index (χ4v) is 2.46. The molecule has 0 N–H and O–H groups in total. The topological polar surface area (TPSA) is 50.8 Å². The molecule has 3 rings (SSSR count). The van der Waals surface area contributed by atoms with E-state index in [1.807, 2.05) is 6.07 Å². The van der Waals surface area contributed by atoms with Crippen LogP contribution < -0.4 is 4.74 Å². The van der Waals surface area contributed by atoms with Crippen LogP contribution in [0.3, 0.4) is 0 Å². The Kier molecular flexibility index (Phi) is 3.94. The number of halogens is 2. The molecule has 3 aromatic rings. The van der Waals surface area contributed by atoms with Crippen LogP contribution >= 0.6 is 0 Å². The standard InChI is InChI=1S/C17H13F2N3O/c1-2-23-11-7-14(18)13(15(19)8-11)10-22-17-6-4-3-5-12(17)16(9-20)21-22/h3-8H,2,10H2,1H3. The first-order valence-electron chi connectivity index (χ1n) is 7.10. The van der Waals surface area contributed by atoms with Crippen molar-refractivity contribution < 1.29 is 13.5 Å². The molecule has 0 saturated heterocycles. The molecule has 0 bridgehead atoms. The molecule has 0 atom stereocenters. The van der Waals surface area contributed by atoms with Crippen LogP contribution in [0.4, 0.5) is 8.78 Å². The highest BCUT2D eigenvalue weighted by Gasteiger charge is 2.16. The predicted octanol–water partition coefficient (Wildman–Crippen LogP) is 3.63. The lowest BCUT2D eigenvalue weighted by Gasteiger charge is -2.09. The molecule has 1 aromatic heterocycles. The molecule has 0 aliphatic rings. The molecule has 6 heteroatoms. The van der Waals surface area contributed by atoms with Gasteiger partial charge in [-0.3, -0.25) is 4.68 Å². The highest BCUT2D eigenvalue weighted by atomic mass is 19.1. The number of fused-ring (bicyclic) bond motifs is 1. The molecule has 0 unspecified atom stereocenters. The van der Waals surface area contributed by atoms with Crippen LogP contribution in [0, 0.1) is 23.0 Å². The van der Waals surface area contributed by atoms with Crippen LogP contribution in [-0.2, 0) is 6.54 Å². The van der Waals surface area contributed by atoms with Crippen LogP contribution in [0.2, 0.25) is 0 Å². The summed E-state index contributed by atoms with van der Waals surface area (Å²) in [6.07, 6.45) is 0. The van der Waals surface area contributed by atoms with Crippen molar-refractivity contribution in [3.05, 3.63) is 59.3 Å². The van der Waals surface area contributed by atoms with Crippen molar-refractivity contribution in [2.24, 2.45) is 0 Å². The highest BCUT2D eigenvalue weighted by molar-refractivity contribution is 5.84. The van der Waals surface area contributed by atoms with Gasteiger partial charge in [0.05, 0.1) is 18.7 Å². The Hall–Kier alpha value is -2.94. The van der Waals surface area contributed by atoms with Crippen molar-refractivity contribution in [3.63, 3.8) is 0 Å². The van der Waals surface area contributed by atoms with Gasteiger partial charge in [0.25, 0.3) is 0 Å². The number of benzene rings is 2. The third kappa shape index (κ3) is 2.73. The first-order chi connectivity index (χ1) is 11.1. The maximum Gasteiger partial charge on any atom is 0.170 e. The second-order valence-electron chi connectivity index (χ2n) is 4.93. The minimum atomic E-state index is -0.702. The smallest absolute Gasteiger partial charge is 0.170 e. The minimum absolute atomic E-state index is 0.105. The van der Waals surface area contributed by atoms with E-state index in [4.69, 9.17) is 10.00 Å². The number of nitriles is 1. The summed E-state index contributed by atoms with van der Waals surface area (Å²) in [5, 5.41) is 13.9. The normalized spacial score (nSPS) is 10.7. The average Bonchev–Trinajstić information content (AvgIpc) is 2.89. The van der Waals surface area contributed by atoms with E-state index < -0.39 is 11.6 Å². The van der Waals surface area contributed by atoms with Gasteiger partial charge in [-0.15, -0.1) is 0 Å². The Morgan fingerprint density at radius 1 is 1.22 bits per heavy atom. The molecule has 1 heterocycles. The van der Waals surface area contributed by atoms with Crippen molar-refractivity contribution >= 4 is 10.9 Å². The van der Waals surface area contributed by atoms with Gasteiger partial charge in [-0.1, -0.05) is 12.1 Å². The summed E-state index contributed by atoms with van der Waals surface area (Å²) in [5.41, 5.74) is 0.760. The minimum Gasteiger partial charge on any atom is -0.494 e. The zero-order chi connectivity index (χ0) is 16.4. The lowest BCUT2D eigenvalue weighted by Crippen LogP contribution is -2.07. The molecule has 0 saturated carbocycles. The first kappa shape index (κ1) is 15.0. The van der Waals surface area contributed by atoms with E-state index in [-0.39, 0.29) is 23.6 Å². The zero-order valence-corrected chi connectivity index (χ0v) is 12.4. The first-order valence-corrected chi connectivity index (χ1v) is 7.10. The van der Waals surface area contributed by atoms with E-state index in [1.54, 1.807) is 31.2 Å². The van der Waals surface area contributed by atoms with Gasteiger partial charge in [0.1, 0.15) is 23.5 Å². The van der Waals surface area contributed by atoms with Crippen molar-refractivity contribution in [2.75, 3.05) is 6.61 Å². The maximum atomic E-state index is 14.2. The third-order valence-corrected chi connectivity index (χ3v) is 3.50. The van der Waals surface area contributed by atoms with Gasteiger partial charge in [-0.05, 0) is 19.1 Å². The van der Waals surface area contributed by atoms with Crippen LogP contribution in [-0.4, -0.2) is 16.4 Å². The van der Waals surface area contributed by atoms with Crippen LogP contribution in [0.15, 0.2) is 36.4 Å². The molecular weight excluding hydrogens is 300 g/mol. The second-order valence-corrected chi connectivity index (χ2v) is 4.93. The maximum absolute atomic E-state index is 14.2. The number of para-hydroxylation sites is 1. The lowest BCUT2D eigenvalue weighted by molar-refractivity contribution is 0.335. The molecule has 2 aromatic carbocycles. The van der Waals surface area contributed by atoms with Gasteiger partial charge in [0.15, 0.2) is 5.69 Å². The highest BCUT2D eigenvalue weighted by Crippen LogP contribution is 2.24. The van der Waals surface area contributed by atoms with Crippen LogP contribution in [0.5, 0.6) is 5.75 Å². The van der Waals surface area contributed by atoms with Crippen molar-refractivity contribution in [1.82, 2.24) is 9.78 Å². The fourth-order valence-electron chi connectivity index (χ4n) is 2.46. The van der Waals surface area contributed by atoms with Gasteiger partial charge < -0.3 is 4.74 Å². The van der Waals surface area contributed by atoms with Crippen molar-refractivity contribution in [1.29, 1.82) is 5.26 Å². The average molecular weight is 313 g/mol. The number of rotatable bonds is 4. The molecule has 116 valence electrons. The molecule has 23 heavy (non-hydrogen) atoms. The Morgan fingerprint density at radius 3 is 2.57 bits per heavy atom. The number of aromatic nitrogens is 2. The van der Waals surface area contributed by atoms with Gasteiger partial charge in [-0.2, -0.15) is 10.4 Å². The van der Waals surface area contributed by atoms with E-state index in [0.717, 1.165) is 12.1 Å². The summed E-state index contributed by atoms with van der Waals surface area (Å²) in [7, 11) is 0. The quantitative estimate of drug-likeness (QED) is 0.739. The van der Waals surface area contributed by atoms with E-state index in [1.165, 1.54) is 4.68 Å². The van der Waals surface area contributed by atoms with Crippen LogP contribution in [0.1, 0.15) is 18.2 Å². The SMILES string of the molecule is CCOc1cc(F)c(Cn2nc(C#N)c3ccccc32)c(F)c1. The van der Waals surface area contributed by atoms with Gasteiger partial charge in [-0.25, -0.2) is 8.78 Å². The number of ether oxygens (including phenoxy) is 1. The Morgan fingerprint density at radius 2 is 1.91 bits per heavy atom. The summed E-state index contributed by atoms with van der Waals surface area (Å²) in [6.45, 7) is 1.96. The summed E-state index contributed by atoms with van der Waals surface area (Å²) in [5.74, 6) is -1.26. The molecular formula is C17H13F2N3O. The van der Waals surface area contributed by atoms with Crippen LogP contribution in [0.25, 0.3) is 10.9 Å². The van der Waals surface area contributed by atoms with E-state index in [2.05, 4.69) is 5.10 Å². The predicted molar refractivity (Wildman–Crippen MR) is 81.1 cm³/mol. The molecule has 0 spiro atoms. The summed E-state index contributed by atoms with van der Waals surface area (Å²) in [4.78, 5) is 0. The van der Waals surface area contributed by atoms with Gasteiger partial charge in [0, 0.05) is 23.1 Å². The Balaban J connectivity index is 2.05. The monoisotopic (exact) mass is 313 g/mol.